The van der Waals surface area contributed by atoms with Crippen molar-refractivity contribution in [1.29, 1.82) is 0 Å². The van der Waals surface area contributed by atoms with E-state index in [0.29, 0.717) is 17.8 Å². The molecule has 1 aliphatic heterocycles. The smallest absolute Gasteiger partial charge is 0.325 e. The Labute approximate surface area is 157 Å². The fraction of sp³-hybridized carbons (Fsp3) is 0.474. The number of urea groups is 1. The minimum absolute atomic E-state index is 0.0529. The Morgan fingerprint density at radius 1 is 1.15 bits per heavy atom. The third kappa shape index (κ3) is 3.79. The zero-order valence-electron chi connectivity index (χ0n) is 15.5. The summed E-state index contributed by atoms with van der Waals surface area (Å²) in [6, 6.07) is 6.08. The number of carbonyl (C=O) groups excluding carboxylic acids is 4. The quantitative estimate of drug-likeness (QED) is 0.703. The molecule has 3 N–H and O–H groups in total. The van der Waals surface area contributed by atoms with Crippen molar-refractivity contribution in [2.75, 3.05) is 17.2 Å². The molecule has 3 rings (SSSR count). The normalized spacial score (nSPS) is 24.7. The standard InChI is InChI=1S/C19H24N4O4/c1-12-5-3-4-10-19(12)17(26)23(18(27)22-19)11-16(25)21-15-8-6-14(7-9-15)20-13(2)24/h6-9,12H,3-5,10-11H2,1-2H3,(H,20,24)(H,21,25)(H,22,27)/t12-,19-/m0/s1. The van der Waals surface area contributed by atoms with Crippen molar-refractivity contribution < 1.29 is 19.2 Å². The van der Waals surface area contributed by atoms with Crippen LogP contribution in [0.3, 0.4) is 0 Å². The van der Waals surface area contributed by atoms with Crippen LogP contribution in [-0.4, -0.2) is 40.7 Å². The molecular formula is C19H24N4O4. The number of nitrogens with one attached hydrogen (secondary N) is 3. The minimum atomic E-state index is -0.865. The average molecular weight is 372 g/mol. The molecular weight excluding hydrogens is 348 g/mol. The lowest BCUT2D eigenvalue weighted by atomic mass is 9.73. The van der Waals surface area contributed by atoms with Gasteiger partial charge in [-0.25, -0.2) is 4.79 Å². The number of hydrogen-bond acceptors (Lipinski definition) is 4. The number of benzene rings is 1. The summed E-state index contributed by atoms with van der Waals surface area (Å²) in [7, 11) is 0. The maximum absolute atomic E-state index is 12.9. The van der Waals surface area contributed by atoms with E-state index >= 15 is 0 Å². The van der Waals surface area contributed by atoms with Gasteiger partial charge in [0.15, 0.2) is 0 Å². The highest BCUT2D eigenvalue weighted by atomic mass is 16.2. The second-order valence-corrected chi connectivity index (χ2v) is 7.25. The molecule has 5 amide bonds. The molecule has 8 heteroatoms. The number of hydrogen-bond donors (Lipinski definition) is 3. The summed E-state index contributed by atoms with van der Waals surface area (Å²) >= 11 is 0. The van der Waals surface area contributed by atoms with Gasteiger partial charge in [0.1, 0.15) is 12.1 Å². The molecule has 0 radical (unpaired) electrons. The van der Waals surface area contributed by atoms with Crippen LogP contribution in [0.15, 0.2) is 24.3 Å². The molecule has 0 aromatic heterocycles. The number of carbonyl (C=O) groups is 4. The van der Waals surface area contributed by atoms with Gasteiger partial charge in [0, 0.05) is 18.3 Å². The van der Waals surface area contributed by atoms with Crippen LogP contribution < -0.4 is 16.0 Å². The van der Waals surface area contributed by atoms with E-state index in [0.717, 1.165) is 24.2 Å². The van der Waals surface area contributed by atoms with E-state index in [4.69, 9.17) is 0 Å². The summed E-state index contributed by atoms with van der Waals surface area (Å²) in [6.07, 6.45) is 3.42. The first-order valence-electron chi connectivity index (χ1n) is 9.13. The summed E-state index contributed by atoms with van der Waals surface area (Å²) in [4.78, 5) is 49.5. The second-order valence-electron chi connectivity index (χ2n) is 7.25. The van der Waals surface area contributed by atoms with E-state index in [2.05, 4.69) is 16.0 Å². The fourth-order valence-corrected chi connectivity index (χ4v) is 3.82. The van der Waals surface area contributed by atoms with Gasteiger partial charge < -0.3 is 16.0 Å². The summed E-state index contributed by atoms with van der Waals surface area (Å²) < 4.78 is 0. The predicted molar refractivity (Wildman–Crippen MR) is 100.0 cm³/mol. The second kappa shape index (κ2) is 7.38. The van der Waals surface area contributed by atoms with Gasteiger partial charge in [-0.15, -0.1) is 0 Å². The highest BCUT2D eigenvalue weighted by Gasteiger charge is 2.55. The monoisotopic (exact) mass is 372 g/mol. The minimum Gasteiger partial charge on any atom is -0.326 e. The Kier molecular flexibility index (Phi) is 5.16. The summed E-state index contributed by atoms with van der Waals surface area (Å²) in [5, 5.41) is 8.13. The molecule has 1 saturated heterocycles. The number of anilines is 2. The Morgan fingerprint density at radius 3 is 2.37 bits per heavy atom. The Bertz CT molecular complexity index is 776. The SMILES string of the molecule is CC(=O)Nc1ccc(NC(=O)CN2C(=O)N[C@]3(CCCC[C@@H]3C)C2=O)cc1. The van der Waals surface area contributed by atoms with E-state index in [9.17, 15) is 19.2 Å². The molecule has 2 atom stereocenters. The number of amides is 5. The molecule has 27 heavy (non-hydrogen) atoms. The Morgan fingerprint density at radius 2 is 1.78 bits per heavy atom. The van der Waals surface area contributed by atoms with Crippen LogP contribution in [-0.2, 0) is 14.4 Å². The molecule has 8 nitrogen and oxygen atoms in total. The molecule has 1 heterocycles. The van der Waals surface area contributed by atoms with Gasteiger partial charge in [0.2, 0.25) is 11.8 Å². The van der Waals surface area contributed by atoms with Gasteiger partial charge in [-0.3, -0.25) is 19.3 Å². The van der Waals surface area contributed by atoms with E-state index in [1.807, 2.05) is 6.92 Å². The largest absolute Gasteiger partial charge is 0.326 e. The van der Waals surface area contributed by atoms with Crippen molar-refractivity contribution >= 4 is 35.1 Å². The zero-order chi connectivity index (χ0) is 19.6. The van der Waals surface area contributed by atoms with Crippen LogP contribution in [0.2, 0.25) is 0 Å². The van der Waals surface area contributed by atoms with Gasteiger partial charge in [-0.05, 0) is 43.0 Å². The van der Waals surface area contributed by atoms with E-state index in [1.54, 1.807) is 24.3 Å². The van der Waals surface area contributed by atoms with Gasteiger partial charge in [-0.1, -0.05) is 19.8 Å². The topological polar surface area (TPSA) is 108 Å². The summed E-state index contributed by atoms with van der Waals surface area (Å²) in [5.74, 6) is -0.893. The number of rotatable bonds is 4. The molecule has 1 spiro atoms. The molecule has 1 aliphatic carbocycles. The molecule has 0 unspecified atom stereocenters. The van der Waals surface area contributed by atoms with E-state index < -0.39 is 17.5 Å². The maximum atomic E-state index is 12.9. The van der Waals surface area contributed by atoms with E-state index in [-0.39, 0.29) is 24.3 Å². The highest BCUT2D eigenvalue weighted by molar-refractivity contribution is 6.10. The van der Waals surface area contributed by atoms with Crippen LogP contribution in [0.4, 0.5) is 16.2 Å². The predicted octanol–water partition coefficient (Wildman–Crippen LogP) is 2.08. The van der Waals surface area contributed by atoms with Crippen LogP contribution in [0.1, 0.15) is 39.5 Å². The summed E-state index contributed by atoms with van der Waals surface area (Å²) in [5.41, 5.74) is 0.264. The molecule has 2 fully saturated rings. The average Bonchev–Trinajstić information content (AvgIpc) is 2.84. The molecule has 1 saturated carbocycles. The van der Waals surface area contributed by atoms with Crippen molar-refractivity contribution in [3.63, 3.8) is 0 Å². The third-order valence-corrected chi connectivity index (χ3v) is 5.29. The van der Waals surface area contributed by atoms with Crippen molar-refractivity contribution in [2.45, 2.75) is 45.1 Å². The summed E-state index contributed by atoms with van der Waals surface area (Å²) in [6.45, 7) is 3.05. The van der Waals surface area contributed by atoms with Crippen molar-refractivity contribution in [1.82, 2.24) is 10.2 Å². The number of nitrogens with zero attached hydrogens (tertiary/aromatic N) is 1. The van der Waals surface area contributed by atoms with Crippen LogP contribution >= 0.6 is 0 Å². The maximum Gasteiger partial charge on any atom is 0.325 e. The molecule has 1 aromatic rings. The number of imide groups is 1. The first kappa shape index (κ1) is 18.9. The van der Waals surface area contributed by atoms with Crippen molar-refractivity contribution in [3.8, 4) is 0 Å². The van der Waals surface area contributed by atoms with Crippen molar-refractivity contribution in [3.05, 3.63) is 24.3 Å². The molecule has 1 aromatic carbocycles. The van der Waals surface area contributed by atoms with Gasteiger partial charge in [0.25, 0.3) is 5.91 Å². The first-order valence-corrected chi connectivity index (χ1v) is 9.13. The molecule has 144 valence electrons. The Balaban J connectivity index is 1.63. The molecule has 2 aliphatic rings. The van der Waals surface area contributed by atoms with Gasteiger partial charge in [-0.2, -0.15) is 0 Å². The lowest BCUT2D eigenvalue weighted by molar-refractivity contribution is -0.136. The lowest BCUT2D eigenvalue weighted by Crippen LogP contribution is -2.54. The fourth-order valence-electron chi connectivity index (χ4n) is 3.82. The van der Waals surface area contributed by atoms with Crippen LogP contribution in [0, 0.1) is 5.92 Å². The van der Waals surface area contributed by atoms with Gasteiger partial charge >= 0.3 is 6.03 Å². The highest BCUT2D eigenvalue weighted by Crippen LogP contribution is 2.38. The zero-order valence-corrected chi connectivity index (χ0v) is 15.5. The van der Waals surface area contributed by atoms with E-state index in [1.165, 1.54) is 6.92 Å². The molecule has 0 bridgehead atoms. The first-order chi connectivity index (χ1) is 12.8. The van der Waals surface area contributed by atoms with Crippen molar-refractivity contribution in [2.24, 2.45) is 5.92 Å². The van der Waals surface area contributed by atoms with Gasteiger partial charge in [0.05, 0.1) is 0 Å². The third-order valence-electron chi connectivity index (χ3n) is 5.29. The van der Waals surface area contributed by atoms with Crippen LogP contribution in [0.5, 0.6) is 0 Å². The Hall–Kier alpha value is -2.90. The van der Waals surface area contributed by atoms with Crippen LogP contribution in [0.25, 0.3) is 0 Å². The lowest BCUT2D eigenvalue weighted by Gasteiger charge is -2.36.